The van der Waals surface area contributed by atoms with E-state index in [0.29, 0.717) is 12.1 Å². The van der Waals surface area contributed by atoms with Gasteiger partial charge in [-0.05, 0) is 25.0 Å². The van der Waals surface area contributed by atoms with Crippen LogP contribution < -0.4 is 0 Å². The van der Waals surface area contributed by atoms with E-state index in [0.717, 1.165) is 25.7 Å². The van der Waals surface area contributed by atoms with Gasteiger partial charge in [-0.15, -0.1) is 0 Å². The molecule has 3 heteroatoms. The maximum absolute atomic E-state index is 10.2. The van der Waals surface area contributed by atoms with Crippen LogP contribution in [-0.2, 0) is 0 Å². The summed E-state index contributed by atoms with van der Waals surface area (Å²) in [5.74, 6) is 0.229. The number of benzene rings is 1. The van der Waals surface area contributed by atoms with Gasteiger partial charge in [-0.1, -0.05) is 31.4 Å². The maximum atomic E-state index is 10.2. The number of aliphatic imine (C=N–C) groups is 1. The Bertz CT molecular complexity index is 395. The summed E-state index contributed by atoms with van der Waals surface area (Å²) in [6.45, 7) is 0.432. The molecule has 1 fully saturated rings. The Morgan fingerprint density at radius 1 is 1.18 bits per heavy atom. The molecule has 1 aromatic rings. The highest BCUT2D eigenvalue weighted by Crippen LogP contribution is 2.28. The van der Waals surface area contributed by atoms with Gasteiger partial charge in [0.25, 0.3) is 0 Å². The Kier molecular flexibility index (Phi) is 3.79. The number of para-hydroxylation sites is 1. The molecule has 1 saturated carbocycles. The molecule has 0 bridgehead atoms. The van der Waals surface area contributed by atoms with Crippen LogP contribution in [0, 0.1) is 0 Å². The highest BCUT2D eigenvalue weighted by molar-refractivity contribution is 5.83. The first-order valence-corrected chi connectivity index (χ1v) is 6.20. The number of nitrogens with zero attached hydrogens (tertiary/aromatic N) is 1. The van der Waals surface area contributed by atoms with Gasteiger partial charge in [0.1, 0.15) is 5.75 Å². The van der Waals surface area contributed by atoms with E-state index in [9.17, 15) is 10.2 Å². The van der Waals surface area contributed by atoms with E-state index < -0.39 is 5.60 Å². The fourth-order valence-electron chi connectivity index (χ4n) is 2.28. The van der Waals surface area contributed by atoms with E-state index in [-0.39, 0.29) is 5.75 Å². The summed E-state index contributed by atoms with van der Waals surface area (Å²) in [5, 5.41) is 19.8. The third kappa shape index (κ3) is 3.30. The van der Waals surface area contributed by atoms with Gasteiger partial charge in [0.2, 0.25) is 0 Å². The molecule has 0 unspecified atom stereocenters. The van der Waals surface area contributed by atoms with Gasteiger partial charge in [-0.2, -0.15) is 0 Å². The molecule has 3 nitrogen and oxygen atoms in total. The molecule has 92 valence electrons. The van der Waals surface area contributed by atoms with Crippen molar-refractivity contribution in [3.8, 4) is 5.75 Å². The summed E-state index contributed by atoms with van der Waals surface area (Å²) >= 11 is 0. The van der Waals surface area contributed by atoms with Crippen LogP contribution in [0.5, 0.6) is 5.75 Å². The molecule has 0 radical (unpaired) electrons. The lowest BCUT2D eigenvalue weighted by Crippen LogP contribution is -2.34. The molecule has 0 amide bonds. The summed E-state index contributed by atoms with van der Waals surface area (Å²) in [6.07, 6.45) is 6.70. The third-order valence-electron chi connectivity index (χ3n) is 3.34. The molecule has 2 rings (SSSR count). The van der Waals surface area contributed by atoms with E-state index >= 15 is 0 Å². The number of phenolic OH excluding ortho intramolecular Hbond substituents is 1. The second-order valence-electron chi connectivity index (χ2n) is 4.81. The first-order chi connectivity index (χ1) is 8.20. The first-order valence-electron chi connectivity index (χ1n) is 6.20. The van der Waals surface area contributed by atoms with Crippen molar-refractivity contribution in [2.24, 2.45) is 4.99 Å². The zero-order chi connectivity index (χ0) is 12.1. The quantitative estimate of drug-likeness (QED) is 0.788. The minimum Gasteiger partial charge on any atom is -0.507 e. The van der Waals surface area contributed by atoms with Crippen molar-refractivity contribution >= 4 is 6.21 Å². The van der Waals surface area contributed by atoms with E-state index in [1.54, 1.807) is 18.3 Å². The Morgan fingerprint density at radius 2 is 1.88 bits per heavy atom. The molecule has 0 aromatic heterocycles. The fraction of sp³-hybridized carbons (Fsp3) is 0.500. The molecule has 0 atom stereocenters. The summed E-state index contributed by atoms with van der Waals surface area (Å²) < 4.78 is 0. The number of phenols is 1. The topological polar surface area (TPSA) is 52.8 Å². The van der Waals surface area contributed by atoms with Gasteiger partial charge < -0.3 is 10.2 Å². The first kappa shape index (κ1) is 12.1. The van der Waals surface area contributed by atoms with Crippen LogP contribution in [0.2, 0.25) is 0 Å². The predicted molar refractivity (Wildman–Crippen MR) is 68.6 cm³/mol. The molecule has 0 spiro atoms. The number of hydrogen-bond donors (Lipinski definition) is 2. The molecule has 0 heterocycles. The lowest BCUT2D eigenvalue weighted by Gasteiger charge is -2.30. The van der Waals surface area contributed by atoms with Crippen LogP contribution in [0.15, 0.2) is 29.3 Å². The average Bonchev–Trinajstić information content (AvgIpc) is 2.32. The number of hydrogen-bond acceptors (Lipinski definition) is 3. The van der Waals surface area contributed by atoms with Crippen molar-refractivity contribution < 1.29 is 10.2 Å². The monoisotopic (exact) mass is 233 g/mol. The smallest absolute Gasteiger partial charge is 0.124 e. The lowest BCUT2D eigenvalue weighted by atomic mass is 9.85. The molecule has 0 aliphatic heterocycles. The molecule has 1 aromatic carbocycles. The largest absolute Gasteiger partial charge is 0.507 e. The molecular weight excluding hydrogens is 214 g/mol. The Balaban J connectivity index is 1.95. The Labute approximate surface area is 102 Å². The van der Waals surface area contributed by atoms with Gasteiger partial charge in [0.05, 0.1) is 12.1 Å². The van der Waals surface area contributed by atoms with E-state index in [1.807, 2.05) is 12.1 Å². The van der Waals surface area contributed by atoms with Gasteiger partial charge >= 0.3 is 0 Å². The van der Waals surface area contributed by atoms with Crippen LogP contribution in [0.1, 0.15) is 37.7 Å². The molecule has 1 aliphatic rings. The summed E-state index contributed by atoms with van der Waals surface area (Å²) in [4.78, 5) is 4.26. The van der Waals surface area contributed by atoms with Gasteiger partial charge in [0, 0.05) is 11.8 Å². The molecule has 1 aliphatic carbocycles. The van der Waals surface area contributed by atoms with E-state index in [4.69, 9.17) is 0 Å². The van der Waals surface area contributed by atoms with Gasteiger partial charge in [-0.25, -0.2) is 0 Å². The highest BCUT2D eigenvalue weighted by atomic mass is 16.3. The van der Waals surface area contributed by atoms with Crippen molar-refractivity contribution in [3.05, 3.63) is 29.8 Å². The zero-order valence-corrected chi connectivity index (χ0v) is 9.97. The second-order valence-corrected chi connectivity index (χ2v) is 4.81. The van der Waals surface area contributed by atoms with Gasteiger partial charge in [-0.3, -0.25) is 4.99 Å². The second kappa shape index (κ2) is 5.32. The number of aliphatic hydroxyl groups is 1. The van der Waals surface area contributed by atoms with Crippen molar-refractivity contribution in [3.63, 3.8) is 0 Å². The van der Waals surface area contributed by atoms with E-state index in [1.165, 1.54) is 6.42 Å². The average molecular weight is 233 g/mol. The number of rotatable bonds is 3. The zero-order valence-electron chi connectivity index (χ0n) is 9.97. The van der Waals surface area contributed by atoms with E-state index in [2.05, 4.69) is 4.99 Å². The minimum absolute atomic E-state index is 0.229. The fourth-order valence-corrected chi connectivity index (χ4v) is 2.28. The standard InChI is InChI=1S/C14H19NO2/c16-13-7-3-2-6-12(13)10-15-11-14(17)8-4-1-5-9-14/h2-3,6-7,10,16-17H,1,4-5,8-9,11H2. The lowest BCUT2D eigenvalue weighted by molar-refractivity contribution is 0.0134. The summed E-state index contributed by atoms with van der Waals surface area (Å²) in [6, 6.07) is 7.08. The summed E-state index contributed by atoms with van der Waals surface area (Å²) in [7, 11) is 0. The molecule has 0 saturated heterocycles. The van der Waals surface area contributed by atoms with Crippen molar-refractivity contribution in [1.82, 2.24) is 0 Å². The van der Waals surface area contributed by atoms with Crippen molar-refractivity contribution in [2.45, 2.75) is 37.7 Å². The summed E-state index contributed by atoms with van der Waals surface area (Å²) in [5.41, 5.74) is 0.0750. The Hall–Kier alpha value is -1.35. The van der Waals surface area contributed by atoms with Crippen LogP contribution in [-0.4, -0.2) is 28.6 Å². The van der Waals surface area contributed by atoms with Crippen LogP contribution in [0.4, 0.5) is 0 Å². The normalized spacial score (nSPS) is 19.6. The third-order valence-corrected chi connectivity index (χ3v) is 3.34. The van der Waals surface area contributed by atoms with Crippen molar-refractivity contribution in [1.29, 1.82) is 0 Å². The molecule has 17 heavy (non-hydrogen) atoms. The SMILES string of the molecule is Oc1ccccc1C=NCC1(O)CCCCC1. The highest BCUT2D eigenvalue weighted by Gasteiger charge is 2.28. The molecule has 2 N–H and O–H groups in total. The van der Waals surface area contributed by atoms with Crippen LogP contribution in [0.25, 0.3) is 0 Å². The maximum Gasteiger partial charge on any atom is 0.124 e. The van der Waals surface area contributed by atoms with Crippen LogP contribution in [0.3, 0.4) is 0 Å². The van der Waals surface area contributed by atoms with Gasteiger partial charge in [0.15, 0.2) is 0 Å². The predicted octanol–water partition coefficient (Wildman–Crippen LogP) is 2.51. The number of aromatic hydroxyl groups is 1. The molecular formula is C14H19NO2. The van der Waals surface area contributed by atoms with Crippen molar-refractivity contribution in [2.75, 3.05) is 6.54 Å². The van der Waals surface area contributed by atoms with Crippen LogP contribution >= 0.6 is 0 Å². The minimum atomic E-state index is -0.626. The Morgan fingerprint density at radius 3 is 2.59 bits per heavy atom.